The van der Waals surface area contributed by atoms with Crippen LogP contribution in [0.4, 0.5) is 13.2 Å². The smallest absolute Gasteiger partial charge is 0.381 e. The van der Waals surface area contributed by atoms with Crippen LogP contribution in [0.3, 0.4) is 0 Å². The molecule has 0 aromatic heterocycles. The van der Waals surface area contributed by atoms with Crippen LogP contribution in [-0.2, 0) is 9.47 Å². The van der Waals surface area contributed by atoms with Crippen molar-refractivity contribution in [3.8, 4) is 0 Å². The van der Waals surface area contributed by atoms with Crippen LogP contribution in [0.2, 0.25) is 0 Å². The van der Waals surface area contributed by atoms with Gasteiger partial charge in [-0.1, -0.05) is 0 Å². The van der Waals surface area contributed by atoms with Crippen LogP contribution in [0.15, 0.2) is 4.99 Å². The van der Waals surface area contributed by atoms with Gasteiger partial charge < -0.3 is 20.1 Å². The van der Waals surface area contributed by atoms with E-state index in [2.05, 4.69) is 15.6 Å². The Labute approximate surface area is 171 Å². The van der Waals surface area contributed by atoms with E-state index in [1.54, 1.807) is 7.05 Å². The van der Waals surface area contributed by atoms with E-state index in [9.17, 15) is 13.2 Å². The Kier molecular flexibility index (Phi) is 14.5. The molecule has 1 heterocycles. The van der Waals surface area contributed by atoms with Gasteiger partial charge in [-0.25, -0.2) is 0 Å². The van der Waals surface area contributed by atoms with E-state index < -0.39 is 12.7 Å². The number of likely N-dealkylation sites (N-methyl/N-ethyl adjacent to an activating group) is 1. The van der Waals surface area contributed by atoms with E-state index in [1.807, 2.05) is 0 Å². The van der Waals surface area contributed by atoms with Crippen molar-refractivity contribution < 1.29 is 22.6 Å². The standard InChI is InChI=1S/C16H31F3N4O2.HI/c1-20-15(22-7-8-23(2)13-16(17,18)19)21-6-3-9-25-12-14-4-10-24-11-5-14;/h14H,3-13H2,1-2H3,(H2,20,21,22);1H. The second kappa shape index (κ2) is 14.7. The number of ether oxygens (including phenoxy) is 2. The van der Waals surface area contributed by atoms with Gasteiger partial charge in [-0.2, -0.15) is 13.2 Å². The first-order chi connectivity index (χ1) is 11.9. The summed E-state index contributed by atoms with van der Waals surface area (Å²) in [5.74, 6) is 1.19. The van der Waals surface area contributed by atoms with Gasteiger partial charge in [0.2, 0.25) is 0 Å². The molecule has 1 aliphatic rings. The summed E-state index contributed by atoms with van der Waals surface area (Å²) in [6, 6.07) is 0. The normalized spacial score (nSPS) is 16.5. The monoisotopic (exact) mass is 496 g/mol. The Hall–Kier alpha value is -0.330. The van der Waals surface area contributed by atoms with Gasteiger partial charge in [0.15, 0.2) is 5.96 Å². The zero-order valence-corrected chi connectivity index (χ0v) is 17.9. The fourth-order valence-corrected chi connectivity index (χ4v) is 2.51. The first-order valence-electron chi connectivity index (χ1n) is 8.76. The largest absolute Gasteiger partial charge is 0.401 e. The number of halogens is 4. The average Bonchev–Trinajstić information content (AvgIpc) is 2.55. The molecule has 0 radical (unpaired) electrons. The van der Waals surface area contributed by atoms with Crippen LogP contribution in [0, 0.1) is 5.92 Å². The third-order valence-corrected chi connectivity index (χ3v) is 3.91. The van der Waals surface area contributed by atoms with Crippen molar-refractivity contribution in [1.82, 2.24) is 15.5 Å². The molecule has 0 aromatic carbocycles. The summed E-state index contributed by atoms with van der Waals surface area (Å²) >= 11 is 0. The zero-order valence-electron chi connectivity index (χ0n) is 15.6. The minimum Gasteiger partial charge on any atom is -0.381 e. The molecule has 0 spiro atoms. The number of hydrogen-bond acceptors (Lipinski definition) is 4. The Morgan fingerprint density at radius 3 is 2.50 bits per heavy atom. The van der Waals surface area contributed by atoms with Gasteiger partial charge in [0.1, 0.15) is 0 Å². The maximum atomic E-state index is 12.2. The molecule has 2 N–H and O–H groups in total. The van der Waals surface area contributed by atoms with Crippen molar-refractivity contribution >= 4 is 29.9 Å². The topological polar surface area (TPSA) is 58.1 Å². The van der Waals surface area contributed by atoms with E-state index >= 15 is 0 Å². The molecule has 1 aliphatic heterocycles. The lowest BCUT2D eigenvalue weighted by atomic mass is 10.0. The molecule has 0 saturated carbocycles. The zero-order chi connectivity index (χ0) is 18.5. The van der Waals surface area contributed by atoms with E-state index in [1.165, 1.54) is 11.9 Å². The van der Waals surface area contributed by atoms with Crippen LogP contribution in [0.25, 0.3) is 0 Å². The van der Waals surface area contributed by atoms with E-state index in [4.69, 9.17) is 9.47 Å². The molecule has 6 nitrogen and oxygen atoms in total. The van der Waals surface area contributed by atoms with E-state index in [0.29, 0.717) is 31.6 Å². The maximum absolute atomic E-state index is 12.2. The fraction of sp³-hybridized carbons (Fsp3) is 0.938. The molecule has 0 amide bonds. The highest BCUT2D eigenvalue weighted by atomic mass is 127. The average molecular weight is 496 g/mol. The van der Waals surface area contributed by atoms with Gasteiger partial charge >= 0.3 is 6.18 Å². The number of guanidine groups is 1. The number of hydrogen-bond donors (Lipinski definition) is 2. The molecule has 0 aromatic rings. The number of alkyl halides is 3. The van der Waals surface area contributed by atoms with Gasteiger partial charge in [0, 0.05) is 53.1 Å². The summed E-state index contributed by atoms with van der Waals surface area (Å²) in [6.45, 7) is 3.58. The highest BCUT2D eigenvalue weighted by molar-refractivity contribution is 14.0. The molecule has 0 bridgehead atoms. The Balaban J connectivity index is 0.00000625. The summed E-state index contributed by atoms with van der Waals surface area (Å²) in [4.78, 5) is 5.28. The van der Waals surface area contributed by atoms with Crippen LogP contribution < -0.4 is 10.6 Å². The van der Waals surface area contributed by atoms with Crippen LogP contribution in [0.1, 0.15) is 19.3 Å². The highest BCUT2D eigenvalue weighted by Crippen LogP contribution is 2.15. The maximum Gasteiger partial charge on any atom is 0.401 e. The van der Waals surface area contributed by atoms with Gasteiger partial charge in [-0.05, 0) is 32.2 Å². The predicted octanol–water partition coefficient (Wildman–Crippen LogP) is 2.10. The lowest BCUT2D eigenvalue weighted by Gasteiger charge is -2.21. The minimum atomic E-state index is -4.17. The lowest BCUT2D eigenvalue weighted by molar-refractivity contribution is -0.142. The van der Waals surface area contributed by atoms with Crippen LogP contribution in [0.5, 0.6) is 0 Å². The van der Waals surface area contributed by atoms with Crippen molar-refractivity contribution in [2.24, 2.45) is 10.9 Å². The molecule has 0 unspecified atom stereocenters. The van der Waals surface area contributed by atoms with Crippen LogP contribution in [-0.4, -0.2) is 83.7 Å². The molecule has 1 rings (SSSR count). The van der Waals surface area contributed by atoms with Crippen molar-refractivity contribution in [2.75, 3.05) is 66.7 Å². The molecule has 1 saturated heterocycles. The second-order valence-corrected chi connectivity index (χ2v) is 6.26. The first kappa shape index (κ1) is 25.7. The molecule has 0 aliphatic carbocycles. The van der Waals surface area contributed by atoms with Gasteiger partial charge in [0.05, 0.1) is 6.54 Å². The SMILES string of the molecule is CN=C(NCCCOCC1CCOCC1)NCCN(C)CC(F)(F)F.I. The van der Waals surface area contributed by atoms with E-state index in [-0.39, 0.29) is 30.5 Å². The van der Waals surface area contributed by atoms with E-state index in [0.717, 1.165) is 39.1 Å². The fourth-order valence-electron chi connectivity index (χ4n) is 2.51. The van der Waals surface area contributed by atoms with Crippen molar-refractivity contribution in [2.45, 2.75) is 25.4 Å². The Bertz CT molecular complexity index is 381. The van der Waals surface area contributed by atoms with Gasteiger partial charge in [-0.15, -0.1) is 24.0 Å². The number of nitrogens with zero attached hydrogens (tertiary/aromatic N) is 2. The summed E-state index contributed by atoms with van der Waals surface area (Å²) in [5.41, 5.74) is 0. The summed E-state index contributed by atoms with van der Waals surface area (Å²) in [6.07, 6.45) is -1.19. The highest BCUT2D eigenvalue weighted by Gasteiger charge is 2.28. The Morgan fingerprint density at radius 1 is 1.23 bits per heavy atom. The second-order valence-electron chi connectivity index (χ2n) is 6.26. The molecular formula is C16H32F3IN4O2. The predicted molar refractivity (Wildman–Crippen MR) is 107 cm³/mol. The molecular weight excluding hydrogens is 464 g/mol. The van der Waals surface area contributed by atoms with Crippen LogP contribution >= 0.6 is 24.0 Å². The van der Waals surface area contributed by atoms with Crippen molar-refractivity contribution in [1.29, 1.82) is 0 Å². The molecule has 0 atom stereocenters. The number of aliphatic imine (C=N–C) groups is 1. The Morgan fingerprint density at radius 2 is 1.88 bits per heavy atom. The van der Waals surface area contributed by atoms with Crippen molar-refractivity contribution in [3.63, 3.8) is 0 Å². The van der Waals surface area contributed by atoms with Crippen molar-refractivity contribution in [3.05, 3.63) is 0 Å². The van der Waals surface area contributed by atoms with Gasteiger partial charge in [0.25, 0.3) is 0 Å². The summed E-state index contributed by atoms with van der Waals surface area (Å²) < 4.78 is 47.7. The minimum absolute atomic E-state index is 0. The van der Waals surface area contributed by atoms with Gasteiger partial charge in [-0.3, -0.25) is 9.89 Å². The summed E-state index contributed by atoms with van der Waals surface area (Å²) in [5, 5.41) is 6.13. The third-order valence-electron chi connectivity index (χ3n) is 3.91. The molecule has 1 fully saturated rings. The summed E-state index contributed by atoms with van der Waals surface area (Å²) in [7, 11) is 3.08. The molecule has 26 heavy (non-hydrogen) atoms. The quantitative estimate of drug-likeness (QED) is 0.210. The number of rotatable bonds is 10. The lowest BCUT2D eigenvalue weighted by Crippen LogP contribution is -2.42. The number of nitrogens with one attached hydrogen (secondary N) is 2. The third kappa shape index (κ3) is 13.8. The first-order valence-corrected chi connectivity index (χ1v) is 8.76. The molecule has 10 heteroatoms. The molecule has 156 valence electrons.